The maximum Gasteiger partial charge on any atom is 0.419 e. The molecular formula is C50H65ClN10O11SSi. The molecule has 1 aliphatic rings. The molecule has 0 saturated carbocycles. The van der Waals surface area contributed by atoms with Crippen molar-refractivity contribution in [2.75, 3.05) is 40.6 Å². The van der Waals surface area contributed by atoms with Crippen LogP contribution in [0.25, 0.3) is 16.6 Å². The minimum absolute atomic E-state index is 0.0280. The molecule has 0 unspecified atom stereocenters. The number of amides is 5. The first-order valence-corrected chi connectivity index (χ1v) is 29.1. The van der Waals surface area contributed by atoms with Gasteiger partial charge in [0, 0.05) is 40.8 Å². The molecule has 3 aromatic carbocycles. The average molecular weight is 1080 g/mol. The molecule has 5 aromatic rings. The van der Waals surface area contributed by atoms with E-state index >= 15 is 0 Å². The van der Waals surface area contributed by atoms with Crippen LogP contribution in [0.2, 0.25) is 23.2 Å². The summed E-state index contributed by atoms with van der Waals surface area (Å²) >= 11 is 6.25. The molecule has 24 heteroatoms. The van der Waals surface area contributed by atoms with Gasteiger partial charge in [-0.25, -0.2) is 27.4 Å². The van der Waals surface area contributed by atoms with Crippen LogP contribution in [-0.2, 0) is 44.5 Å². The van der Waals surface area contributed by atoms with E-state index in [4.69, 9.17) is 25.5 Å². The van der Waals surface area contributed by atoms with Gasteiger partial charge in [-0.3, -0.25) is 14.4 Å². The second kappa shape index (κ2) is 22.4. The minimum Gasteiger partial charge on any atom is -0.455 e. The summed E-state index contributed by atoms with van der Waals surface area (Å²) in [4.78, 5) is 84.2. The second-order valence-corrected chi connectivity index (χ2v) is 29.1. The number of hydrogen-bond donors (Lipinski definition) is 4. The van der Waals surface area contributed by atoms with Crippen molar-refractivity contribution in [3.63, 3.8) is 0 Å². The van der Waals surface area contributed by atoms with E-state index in [2.05, 4.69) is 70.7 Å². The van der Waals surface area contributed by atoms with Gasteiger partial charge in [0.1, 0.15) is 39.1 Å². The lowest BCUT2D eigenvalue weighted by molar-refractivity contribution is -0.137. The Balaban J connectivity index is 1.26. The Morgan fingerprint density at radius 3 is 2.07 bits per heavy atom. The van der Waals surface area contributed by atoms with E-state index in [1.54, 1.807) is 76.8 Å². The molecule has 0 bridgehead atoms. The number of benzene rings is 3. The Bertz CT molecular complexity index is 3000. The Hall–Kier alpha value is -6.69. The number of halogens is 1. The number of hydrogen-bond acceptors (Lipinski definition) is 14. The summed E-state index contributed by atoms with van der Waals surface area (Å²) in [7, 11) is -5.36. The monoisotopic (exact) mass is 1080 g/mol. The van der Waals surface area contributed by atoms with Crippen molar-refractivity contribution in [2.45, 2.75) is 123 Å². The van der Waals surface area contributed by atoms with Crippen molar-refractivity contribution >= 4 is 93.5 Å². The number of esters is 1. The summed E-state index contributed by atoms with van der Waals surface area (Å²) in [6.45, 7) is 21.3. The van der Waals surface area contributed by atoms with Gasteiger partial charge in [0.2, 0.25) is 5.91 Å². The maximum absolute atomic E-state index is 14.3. The number of ether oxygens (including phenoxy) is 2. The van der Waals surface area contributed by atoms with E-state index in [9.17, 15) is 37.2 Å². The number of tetrazole rings is 1. The van der Waals surface area contributed by atoms with Gasteiger partial charge in [-0.2, -0.15) is 4.68 Å². The normalized spacial score (nSPS) is 14.6. The van der Waals surface area contributed by atoms with E-state index in [1.807, 2.05) is 0 Å². The summed E-state index contributed by atoms with van der Waals surface area (Å²) < 4.78 is 44.7. The van der Waals surface area contributed by atoms with Gasteiger partial charge in [0.15, 0.2) is 8.32 Å². The quantitative estimate of drug-likeness (QED) is 0.0471. The van der Waals surface area contributed by atoms with Crippen molar-refractivity contribution in [1.82, 2.24) is 35.0 Å². The van der Waals surface area contributed by atoms with Crippen LogP contribution in [0.3, 0.4) is 0 Å². The number of nitrogens with zero attached hydrogens (tertiary/aromatic N) is 6. The van der Waals surface area contributed by atoms with E-state index in [1.165, 1.54) is 47.4 Å². The fourth-order valence-corrected chi connectivity index (χ4v) is 10.3. The largest absolute Gasteiger partial charge is 0.455 e. The zero-order valence-electron chi connectivity index (χ0n) is 43.5. The molecule has 3 heterocycles. The van der Waals surface area contributed by atoms with Crippen molar-refractivity contribution in [1.29, 1.82) is 0 Å². The predicted molar refractivity (Wildman–Crippen MR) is 283 cm³/mol. The van der Waals surface area contributed by atoms with Crippen molar-refractivity contribution in [3.05, 3.63) is 89.3 Å². The van der Waals surface area contributed by atoms with Crippen molar-refractivity contribution in [2.24, 2.45) is 0 Å². The molecule has 1 aliphatic heterocycles. The second-order valence-electron chi connectivity index (χ2n) is 21.5. The Labute approximate surface area is 436 Å². The third-order valence-corrected chi connectivity index (χ3v) is 18.8. The van der Waals surface area contributed by atoms with Gasteiger partial charge in [0.25, 0.3) is 0 Å². The van der Waals surface area contributed by atoms with Crippen LogP contribution in [0.5, 0.6) is 0 Å². The van der Waals surface area contributed by atoms with Gasteiger partial charge in [-0.15, -0.1) is 5.10 Å². The van der Waals surface area contributed by atoms with Gasteiger partial charge in [-0.05, 0) is 143 Å². The molecule has 0 aliphatic carbocycles. The molecule has 398 valence electrons. The fraction of sp³-hybridized carbons (Fsp3) is 0.460. The molecule has 6 rings (SSSR count). The number of anilines is 3. The Morgan fingerprint density at radius 2 is 1.46 bits per heavy atom. The van der Waals surface area contributed by atoms with Crippen molar-refractivity contribution in [3.8, 4) is 5.69 Å². The standard InChI is InChI=1S/C50H65ClN10O11SSi/c1-48(2,3)71-45(65)41-28-32-27-35(17-19-39(32)61(41)47(67)72-49(4,5)6)53-42(62)38(56-44(64)43(63)55-37-29-33(51)14-18-40(37)60-30-52-57-58-60)26-31-12-15-34(16-13-31)54-46(66)59(36-20-24-73(68,69)25-21-36)22-23-70-74(10,11)50(7,8)9/h12-19,27-30,36,38H,20-26H2,1-11H3,(H,53,62)(H,54,66)(H,55,63)(H,56,64)/t38-/m0/s1. The summed E-state index contributed by atoms with van der Waals surface area (Å²) in [6, 6.07) is 14.8. The van der Waals surface area contributed by atoms with Gasteiger partial charge in [-0.1, -0.05) is 44.5 Å². The smallest absolute Gasteiger partial charge is 0.419 e. The summed E-state index contributed by atoms with van der Waals surface area (Å²) in [6.07, 6.45) is 0.888. The molecular weight excluding hydrogens is 1010 g/mol. The zero-order chi connectivity index (χ0) is 54.6. The number of urea groups is 1. The number of nitrogens with one attached hydrogen (secondary N) is 4. The summed E-state index contributed by atoms with van der Waals surface area (Å²) in [5.74, 6) is -3.92. The first-order valence-electron chi connectivity index (χ1n) is 24.0. The lowest BCUT2D eigenvalue weighted by Gasteiger charge is -2.38. The molecule has 74 heavy (non-hydrogen) atoms. The summed E-state index contributed by atoms with van der Waals surface area (Å²) in [5, 5.41) is 22.4. The zero-order valence-corrected chi connectivity index (χ0v) is 46.1. The van der Waals surface area contributed by atoms with Crippen LogP contribution in [0.4, 0.5) is 26.7 Å². The van der Waals surface area contributed by atoms with E-state index < -0.39 is 71.2 Å². The molecule has 0 radical (unpaired) electrons. The topological polar surface area (TPSA) is 264 Å². The van der Waals surface area contributed by atoms with Gasteiger partial charge < -0.3 is 40.1 Å². The highest BCUT2D eigenvalue weighted by molar-refractivity contribution is 7.91. The number of fused-ring (bicyclic) bond motifs is 1. The van der Waals surface area contributed by atoms with Crippen LogP contribution in [0.1, 0.15) is 91.2 Å². The van der Waals surface area contributed by atoms with Gasteiger partial charge in [0.05, 0.1) is 35.0 Å². The van der Waals surface area contributed by atoms with E-state index in [0.29, 0.717) is 35.2 Å². The third-order valence-electron chi connectivity index (χ3n) is 12.4. The molecule has 4 N–H and O–H groups in total. The molecule has 1 saturated heterocycles. The molecule has 1 atom stereocenters. The number of rotatable bonds is 14. The Kier molecular flexibility index (Phi) is 17.1. The van der Waals surface area contributed by atoms with E-state index in [0.717, 1.165) is 4.57 Å². The minimum atomic E-state index is -3.20. The van der Waals surface area contributed by atoms with Crippen LogP contribution in [0, 0.1) is 0 Å². The van der Waals surface area contributed by atoms with Crippen LogP contribution >= 0.6 is 11.6 Å². The fourth-order valence-electron chi connectivity index (χ4n) is 7.61. The van der Waals surface area contributed by atoms with Crippen LogP contribution in [-0.4, -0.2) is 130 Å². The maximum atomic E-state index is 14.3. The highest BCUT2D eigenvalue weighted by Crippen LogP contribution is 2.37. The van der Waals surface area contributed by atoms with Gasteiger partial charge >= 0.3 is 29.9 Å². The third kappa shape index (κ3) is 15.0. The summed E-state index contributed by atoms with van der Waals surface area (Å²) in [5.41, 5.74) is -0.121. The number of carbonyl (C=O) groups excluding carboxylic acids is 6. The highest BCUT2D eigenvalue weighted by atomic mass is 35.5. The number of aromatic nitrogens is 5. The molecule has 0 spiro atoms. The van der Waals surface area contributed by atoms with Crippen LogP contribution in [0.15, 0.2) is 73.1 Å². The van der Waals surface area contributed by atoms with Crippen LogP contribution < -0.4 is 21.3 Å². The molecule has 2 aromatic heterocycles. The predicted octanol–water partition coefficient (Wildman–Crippen LogP) is 7.75. The molecule has 1 fully saturated rings. The first kappa shape index (κ1) is 56.6. The number of sulfone groups is 1. The Morgan fingerprint density at radius 1 is 0.811 bits per heavy atom. The lowest BCUT2D eigenvalue weighted by atomic mass is 10.0. The van der Waals surface area contributed by atoms with Crippen molar-refractivity contribution < 1.29 is 51.1 Å². The first-order chi connectivity index (χ1) is 34.4. The highest BCUT2D eigenvalue weighted by Gasteiger charge is 2.38. The lowest BCUT2D eigenvalue weighted by Crippen LogP contribution is -2.49. The SMILES string of the molecule is CC(C)(C)OC(=O)c1cc2cc(NC(=O)[C@H](Cc3ccc(NC(=O)N(CCO[Si](C)(C)C(C)(C)C)C4CCS(=O)(=O)CC4)cc3)NC(=O)C(=O)Nc3cc(Cl)ccc3-n3cnnn3)ccc2n1C(=O)OC(C)(C)C. The number of carbonyl (C=O) groups is 6. The average Bonchev–Trinajstić information content (AvgIpc) is 3.96. The molecule has 5 amide bonds. The molecule has 21 nitrogen and oxygen atoms in total. The van der Waals surface area contributed by atoms with E-state index in [-0.39, 0.29) is 69.8 Å².